The van der Waals surface area contributed by atoms with E-state index in [1.807, 2.05) is 53.8 Å². The standard InChI is InChI=1S/C24H25F3N2O6/c25-24(26,27)14(11-21(31)29-20(12-30)22(32)33)9-10-28-23(34)35-13-19-17-7-3-1-5-15(17)16-6-2-4-8-18(16)19/h1-8,14,19-20,30H,9-13H2,(H,28,34)(H,29,31)(H,32,33)/t14?,20-/m1/s1. The van der Waals surface area contributed by atoms with Crippen molar-refractivity contribution in [2.45, 2.75) is 31.0 Å². The molecule has 1 aliphatic rings. The molecule has 0 radical (unpaired) electrons. The molecule has 2 aromatic carbocycles. The highest BCUT2D eigenvalue weighted by molar-refractivity contribution is 5.83. The first-order valence-corrected chi connectivity index (χ1v) is 10.9. The molecular formula is C24H25F3N2O6. The number of aliphatic hydroxyl groups is 1. The number of carbonyl (C=O) groups excluding carboxylic acids is 2. The van der Waals surface area contributed by atoms with Crippen LogP contribution in [0.4, 0.5) is 18.0 Å². The maximum absolute atomic E-state index is 13.3. The molecule has 2 amide bonds. The van der Waals surface area contributed by atoms with Crippen molar-refractivity contribution in [2.75, 3.05) is 19.8 Å². The van der Waals surface area contributed by atoms with E-state index in [0.29, 0.717) is 0 Å². The molecule has 0 bridgehead atoms. The van der Waals surface area contributed by atoms with Crippen LogP contribution in [0.1, 0.15) is 29.9 Å². The summed E-state index contributed by atoms with van der Waals surface area (Å²) in [4.78, 5) is 34.8. The van der Waals surface area contributed by atoms with Gasteiger partial charge in [0.05, 0.1) is 12.5 Å². The number of carboxylic acid groups (broad SMARTS) is 1. The second-order valence-corrected chi connectivity index (χ2v) is 8.12. The number of carboxylic acids is 1. The van der Waals surface area contributed by atoms with E-state index >= 15 is 0 Å². The zero-order valence-electron chi connectivity index (χ0n) is 18.5. The first-order valence-electron chi connectivity index (χ1n) is 10.9. The first-order chi connectivity index (χ1) is 16.6. The molecule has 188 valence electrons. The zero-order chi connectivity index (χ0) is 25.6. The van der Waals surface area contributed by atoms with Crippen molar-refractivity contribution in [2.24, 2.45) is 5.92 Å². The van der Waals surface area contributed by atoms with Gasteiger partial charge in [0.15, 0.2) is 0 Å². The van der Waals surface area contributed by atoms with Crippen LogP contribution in [0.5, 0.6) is 0 Å². The van der Waals surface area contributed by atoms with Crippen LogP contribution < -0.4 is 10.6 Å². The number of carbonyl (C=O) groups is 3. The van der Waals surface area contributed by atoms with E-state index in [1.165, 1.54) is 0 Å². The number of alkyl carbamates (subject to hydrolysis) is 1. The molecule has 4 N–H and O–H groups in total. The van der Waals surface area contributed by atoms with Gasteiger partial charge in [0.25, 0.3) is 0 Å². The van der Waals surface area contributed by atoms with Crippen molar-refractivity contribution in [3.8, 4) is 11.1 Å². The molecule has 0 saturated heterocycles. The van der Waals surface area contributed by atoms with Gasteiger partial charge in [-0.3, -0.25) is 4.79 Å². The SMILES string of the molecule is O=C(CC(CCNC(=O)OCC1c2ccccc2-c2ccccc21)C(F)(F)F)N[C@H](CO)C(=O)O. The molecule has 2 aromatic rings. The average molecular weight is 494 g/mol. The van der Waals surface area contributed by atoms with Crippen molar-refractivity contribution in [3.05, 3.63) is 59.7 Å². The summed E-state index contributed by atoms with van der Waals surface area (Å²) < 4.78 is 45.3. The van der Waals surface area contributed by atoms with Gasteiger partial charge in [-0.05, 0) is 28.7 Å². The highest BCUT2D eigenvalue weighted by Gasteiger charge is 2.41. The van der Waals surface area contributed by atoms with Gasteiger partial charge in [-0.15, -0.1) is 0 Å². The average Bonchev–Trinajstić information content (AvgIpc) is 3.13. The Kier molecular flexibility index (Phi) is 8.34. The third kappa shape index (κ3) is 6.50. The molecule has 11 heteroatoms. The summed E-state index contributed by atoms with van der Waals surface area (Å²) in [5.74, 6) is -5.06. The summed E-state index contributed by atoms with van der Waals surface area (Å²) >= 11 is 0. The molecule has 35 heavy (non-hydrogen) atoms. The third-order valence-corrected chi connectivity index (χ3v) is 5.82. The highest BCUT2D eigenvalue weighted by atomic mass is 19.4. The lowest BCUT2D eigenvalue weighted by molar-refractivity contribution is -0.180. The number of ether oxygens (including phenoxy) is 1. The second kappa shape index (κ2) is 11.2. The molecule has 1 aliphatic carbocycles. The summed E-state index contributed by atoms with van der Waals surface area (Å²) in [7, 11) is 0. The number of alkyl halides is 3. The van der Waals surface area contributed by atoms with Gasteiger partial charge in [-0.1, -0.05) is 48.5 Å². The van der Waals surface area contributed by atoms with Crippen LogP contribution in [-0.4, -0.2) is 60.2 Å². The predicted molar refractivity (Wildman–Crippen MR) is 119 cm³/mol. The van der Waals surface area contributed by atoms with Crippen molar-refractivity contribution in [1.29, 1.82) is 0 Å². The number of aliphatic carboxylic acids is 1. The van der Waals surface area contributed by atoms with E-state index < -0.39 is 62.1 Å². The lowest BCUT2D eigenvalue weighted by atomic mass is 9.98. The minimum Gasteiger partial charge on any atom is -0.480 e. The Balaban J connectivity index is 1.51. The van der Waals surface area contributed by atoms with Gasteiger partial charge in [0.2, 0.25) is 5.91 Å². The Morgan fingerprint density at radius 3 is 2.09 bits per heavy atom. The van der Waals surface area contributed by atoms with Crippen LogP contribution in [-0.2, 0) is 14.3 Å². The molecule has 0 spiro atoms. The molecule has 0 fully saturated rings. The van der Waals surface area contributed by atoms with E-state index in [4.69, 9.17) is 14.9 Å². The number of benzene rings is 2. The predicted octanol–water partition coefficient (Wildman–Crippen LogP) is 3.05. The normalized spacial score (nSPS) is 14.4. The smallest absolute Gasteiger partial charge is 0.407 e. The molecule has 3 rings (SSSR count). The fourth-order valence-electron chi connectivity index (χ4n) is 4.04. The van der Waals surface area contributed by atoms with Crippen molar-refractivity contribution in [3.63, 3.8) is 0 Å². The Hall–Kier alpha value is -3.60. The summed E-state index contributed by atoms with van der Waals surface area (Å²) in [5.41, 5.74) is 4.06. The number of hydrogen-bond acceptors (Lipinski definition) is 5. The van der Waals surface area contributed by atoms with E-state index in [0.717, 1.165) is 22.3 Å². The highest BCUT2D eigenvalue weighted by Crippen LogP contribution is 2.44. The topological polar surface area (TPSA) is 125 Å². The zero-order valence-corrected chi connectivity index (χ0v) is 18.5. The molecule has 0 heterocycles. The Labute approximate surface area is 199 Å². The number of aliphatic hydroxyl groups excluding tert-OH is 1. The Bertz CT molecular complexity index is 1030. The number of halogens is 3. The summed E-state index contributed by atoms with van der Waals surface area (Å²) in [6.07, 6.45) is -7.29. The monoisotopic (exact) mass is 494 g/mol. The molecule has 0 saturated carbocycles. The van der Waals surface area contributed by atoms with Gasteiger partial charge < -0.3 is 25.6 Å². The number of hydrogen-bond donors (Lipinski definition) is 4. The van der Waals surface area contributed by atoms with Gasteiger partial charge in [0.1, 0.15) is 12.6 Å². The molecule has 1 unspecified atom stereocenters. The van der Waals surface area contributed by atoms with Gasteiger partial charge in [-0.25, -0.2) is 9.59 Å². The van der Waals surface area contributed by atoms with Crippen LogP contribution in [0.25, 0.3) is 11.1 Å². The maximum atomic E-state index is 13.3. The summed E-state index contributed by atoms with van der Waals surface area (Å²) in [6, 6.07) is 13.7. The minimum atomic E-state index is -4.75. The molecule has 2 atom stereocenters. The summed E-state index contributed by atoms with van der Waals surface area (Å²) in [6.45, 7) is -1.36. The fourth-order valence-corrected chi connectivity index (χ4v) is 4.04. The third-order valence-electron chi connectivity index (χ3n) is 5.82. The van der Waals surface area contributed by atoms with Crippen LogP contribution in [0.15, 0.2) is 48.5 Å². The maximum Gasteiger partial charge on any atom is 0.407 e. The number of fused-ring (bicyclic) bond motifs is 3. The van der Waals surface area contributed by atoms with Crippen LogP contribution in [0.3, 0.4) is 0 Å². The van der Waals surface area contributed by atoms with Gasteiger partial charge in [0, 0.05) is 18.9 Å². The number of nitrogens with one attached hydrogen (secondary N) is 2. The lowest BCUT2D eigenvalue weighted by Gasteiger charge is -2.21. The fraction of sp³-hybridized carbons (Fsp3) is 0.375. The van der Waals surface area contributed by atoms with Crippen molar-refractivity contribution >= 4 is 18.0 Å². The minimum absolute atomic E-state index is 0.00268. The van der Waals surface area contributed by atoms with Crippen LogP contribution in [0.2, 0.25) is 0 Å². The quantitative estimate of drug-likeness (QED) is 0.403. The van der Waals surface area contributed by atoms with Gasteiger partial charge >= 0.3 is 18.2 Å². The molecular weight excluding hydrogens is 469 g/mol. The number of rotatable bonds is 10. The number of amides is 2. The van der Waals surface area contributed by atoms with E-state index in [2.05, 4.69) is 5.32 Å². The van der Waals surface area contributed by atoms with Crippen molar-refractivity contribution < 1.29 is 42.5 Å². The van der Waals surface area contributed by atoms with E-state index in [-0.39, 0.29) is 12.5 Å². The Morgan fingerprint density at radius 2 is 1.57 bits per heavy atom. The van der Waals surface area contributed by atoms with Crippen molar-refractivity contribution in [1.82, 2.24) is 10.6 Å². The van der Waals surface area contributed by atoms with E-state index in [1.54, 1.807) is 0 Å². The largest absolute Gasteiger partial charge is 0.480 e. The lowest BCUT2D eigenvalue weighted by Crippen LogP contribution is -2.45. The molecule has 8 nitrogen and oxygen atoms in total. The van der Waals surface area contributed by atoms with Crippen LogP contribution >= 0.6 is 0 Å². The Morgan fingerprint density at radius 1 is 1.00 bits per heavy atom. The molecule has 0 aromatic heterocycles. The first kappa shape index (κ1) is 26.0. The molecule has 0 aliphatic heterocycles. The van der Waals surface area contributed by atoms with Crippen LogP contribution in [0, 0.1) is 5.92 Å². The second-order valence-electron chi connectivity index (χ2n) is 8.12. The summed E-state index contributed by atoms with van der Waals surface area (Å²) in [5, 5.41) is 21.8. The van der Waals surface area contributed by atoms with Gasteiger partial charge in [-0.2, -0.15) is 13.2 Å². The van der Waals surface area contributed by atoms with E-state index in [9.17, 15) is 27.6 Å².